The van der Waals surface area contributed by atoms with Crippen LogP contribution in [0.15, 0.2) is 31.3 Å². The van der Waals surface area contributed by atoms with Crippen LogP contribution in [0.3, 0.4) is 0 Å². The number of aromatic amines is 1. The number of carbonyl (C=O) groups excluding carboxylic acids is 1. The summed E-state index contributed by atoms with van der Waals surface area (Å²) in [6.45, 7) is 4.95. The van der Waals surface area contributed by atoms with Crippen molar-refractivity contribution in [3.8, 4) is 0 Å². The zero-order chi connectivity index (χ0) is 34.1. The fraction of sp³-hybridized carbons (Fsp3) is 0.571. The molecule has 0 radical (unpaired) electrons. The molecule has 0 spiro atoms. The molecule has 0 atom stereocenters. The average molecular weight is 734 g/mol. The predicted octanol–water partition coefficient (Wildman–Crippen LogP) is 4.87. The van der Waals surface area contributed by atoms with Gasteiger partial charge in [0.2, 0.25) is 6.29 Å². The molecule has 10 nitrogen and oxygen atoms in total. The minimum atomic E-state index is -4.64. The van der Waals surface area contributed by atoms with Gasteiger partial charge in [0.1, 0.15) is 17.0 Å². The Morgan fingerprint density at radius 3 is 1.74 bits per heavy atom. The molecule has 0 aliphatic rings. The Labute approximate surface area is 259 Å². The number of nitrogens with one attached hydrogen (secondary N) is 1. The Morgan fingerprint density at radius 1 is 0.907 bits per heavy atom. The lowest BCUT2D eigenvalue weighted by Crippen LogP contribution is -2.41. The molecule has 0 aliphatic heterocycles. The number of H-pyrrole nitrogens is 1. The van der Waals surface area contributed by atoms with Gasteiger partial charge < -0.3 is 4.74 Å². The number of rotatable bonds is 9. The first kappa shape index (κ1) is 43.0. The maximum Gasteiger partial charge on any atom is 0.446 e. The van der Waals surface area contributed by atoms with Crippen LogP contribution in [0.2, 0.25) is 36.0 Å². The number of carbonyl (C=O) groups is 1. The maximum atomic E-state index is 12.4. The van der Waals surface area contributed by atoms with Crippen molar-refractivity contribution in [3.05, 3.63) is 64.1 Å². The Kier molecular flexibility index (Phi) is 20.8. The number of ether oxygens (including phenoxy) is 1. The fourth-order valence-electron chi connectivity index (χ4n) is 2.35. The molecule has 0 aliphatic carbocycles. The first-order valence-electron chi connectivity index (χ1n) is 11.4. The second kappa shape index (κ2) is 20.8. The van der Waals surface area contributed by atoms with E-state index in [9.17, 15) is 49.9 Å². The van der Waals surface area contributed by atoms with Gasteiger partial charge in [-0.1, -0.05) is 42.8 Å². The molecule has 2 heterocycles. The van der Waals surface area contributed by atoms with Crippen LogP contribution < -0.4 is 22.5 Å². The molecule has 0 fully saturated rings. The highest BCUT2D eigenvalue weighted by atomic mass is 35.5. The number of aldehydes is 1. The second-order valence-electron chi connectivity index (χ2n) is 8.89. The minimum absolute atomic E-state index is 0.122. The Balaban J connectivity index is 0. The van der Waals surface area contributed by atoms with E-state index in [2.05, 4.69) is 19.6 Å². The van der Waals surface area contributed by atoms with Gasteiger partial charge >= 0.3 is 17.6 Å². The van der Waals surface area contributed by atoms with Gasteiger partial charge in [-0.25, -0.2) is 27.2 Å². The van der Waals surface area contributed by atoms with Crippen molar-refractivity contribution in [1.29, 1.82) is 0 Å². The molecule has 0 amide bonds. The lowest BCUT2D eigenvalue weighted by atomic mass is 10.5. The van der Waals surface area contributed by atoms with Crippen LogP contribution in [0.25, 0.3) is 0 Å². The van der Waals surface area contributed by atoms with Gasteiger partial charge in [-0.2, -0.15) is 13.2 Å². The van der Waals surface area contributed by atoms with E-state index in [1.807, 2.05) is 4.98 Å². The third-order valence-electron chi connectivity index (χ3n) is 4.21. The summed E-state index contributed by atoms with van der Waals surface area (Å²) >= 11 is 20.6. The van der Waals surface area contributed by atoms with Crippen LogP contribution in [0.4, 0.5) is 30.7 Å². The zero-order valence-corrected chi connectivity index (χ0v) is 26.6. The van der Waals surface area contributed by atoms with Crippen molar-refractivity contribution in [3.63, 3.8) is 0 Å². The van der Waals surface area contributed by atoms with E-state index in [1.54, 1.807) is 0 Å². The van der Waals surface area contributed by atoms with Crippen LogP contribution in [-0.2, 0) is 29.4 Å². The van der Waals surface area contributed by atoms with E-state index in [0.29, 0.717) is 15.7 Å². The quantitative estimate of drug-likeness (QED) is 0.0981. The second-order valence-corrected chi connectivity index (χ2v) is 16.1. The number of halogens is 11. The lowest BCUT2D eigenvalue weighted by Gasteiger charge is -2.16. The number of nitrogens with zero attached hydrogens (tertiary/aromatic N) is 3. The Morgan fingerprint density at radius 2 is 1.35 bits per heavy atom. The number of hydrogen-bond acceptors (Lipinski definition) is 6. The average Bonchev–Trinajstić information content (AvgIpc) is 2.83. The van der Waals surface area contributed by atoms with Crippen molar-refractivity contribution >= 4 is 60.8 Å². The van der Waals surface area contributed by atoms with Crippen molar-refractivity contribution in [2.75, 3.05) is 11.9 Å². The van der Waals surface area contributed by atoms with Crippen LogP contribution >= 0.6 is 46.4 Å². The van der Waals surface area contributed by atoms with E-state index in [-0.39, 0.29) is 22.4 Å². The van der Waals surface area contributed by atoms with Gasteiger partial charge in [0.15, 0.2) is 0 Å². The zero-order valence-electron chi connectivity index (χ0n) is 22.6. The smallest absolute Gasteiger partial charge is 0.361 e. The molecule has 2 rings (SSSR count). The van der Waals surface area contributed by atoms with Gasteiger partial charge in [0.25, 0.3) is 24.0 Å². The molecule has 2 aromatic rings. The van der Waals surface area contributed by atoms with Crippen molar-refractivity contribution in [2.24, 2.45) is 0 Å². The fourth-order valence-corrected chi connectivity index (χ4v) is 3.49. The summed E-state index contributed by atoms with van der Waals surface area (Å²) in [5.41, 5.74) is -3.50. The highest BCUT2D eigenvalue weighted by Crippen LogP contribution is 2.09. The van der Waals surface area contributed by atoms with Crippen molar-refractivity contribution in [1.82, 2.24) is 18.7 Å². The van der Waals surface area contributed by atoms with Gasteiger partial charge in [-0.05, 0) is 6.04 Å². The van der Waals surface area contributed by atoms with Crippen molar-refractivity contribution < 1.29 is 40.3 Å². The predicted molar refractivity (Wildman–Crippen MR) is 151 cm³/mol. The standard InChI is InChI=1S/C12H19ClF2N2O3Si.C6H5ClF2N2O2.C2HF3O.CH2Cl2/c1-21(2,3)5-4-20-8-17-9(13)6-11(18)16(12(17)19)7-10(14)15;7-3-1-5(12)11(2-4(8)9)6(13)10-3;3-2(4,5)1-6;2-1-3/h6,10H,4-5,7-8H2,1-3H3;1,4H,2H2,(H,10,13);1H;1H2. The number of alkyl halides is 9. The van der Waals surface area contributed by atoms with Gasteiger partial charge in [0.05, 0.1) is 18.4 Å². The number of aromatic nitrogens is 4. The summed E-state index contributed by atoms with van der Waals surface area (Å²) in [7, 11) is -1.26. The van der Waals surface area contributed by atoms with Gasteiger partial charge in [-0.15, -0.1) is 23.2 Å². The maximum absolute atomic E-state index is 12.4. The van der Waals surface area contributed by atoms with Crippen molar-refractivity contribution in [2.45, 2.75) is 64.5 Å². The molecule has 0 aromatic carbocycles. The summed E-state index contributed by atoms with van der Waals surface area (Å²) in [6.07, 6.45) is -11.2. The third kappa shape index (κ3) is 20.5. The minimum Gasteiger partial charge on any atom is -0.361 e. The summed E-state index contributed by atoms with van der Waals surface area (Å²) in [4.78, 5) is 56.0. The van der Waals surface area contributed by atoms with Gasteiger partial charge in [-0.3, -0.25) is 33.1 Å². The van der Waals surface area contributed by atoms with Crippen LogP contribution in [0.5, 0.6) is 0 Å². The van der Waals surface area contributed by atoms with E-state index < -0.39 is 69.0 Å². The first-order chi connectivity index (χ1) is 19.6. The SMILES string of the molecule is C[Si](C)(C)CCOCn1c(Cl)cc(=O)n(CC(F)F)c1=O.ClCCl.O=CC(F)(F)F.O=c1cc(Cl)[nH]c(=O)n1CC(F)F. The molecule has 1 N–H and O–H groups in total. The molecule has 0 saturated heterocycles. The Bertz CT molecular complexity index is 1330. The molecule has 43 heavy (non-hydrogen) atoms. The highest BCUT2D eigenvalue weighted by Gasteiger charge is 2.25. The van der Waals surface area contributed by atoms with Gasteiger partial charge in [0, 0.05) is 26.8 Å². The monoisotopic (exact) mass is 732 g/mol. The van der Waals surface area contributed by atoms with E-state index >= 15 is 0 Å². The molecule has 2 aromatic heterocycles. The molecule has 0 unspecified atom stereocenters. The molecule has 248 valence electrons. The van der Waals surface area contributed by atoms with E-state index in [0.717, 1.165) is 22.7 Å². The summed E-state index contributed by atoms with van der Waals surface area (Å²) < 4.78 is 86.9. The van der Waals surface area contributed by atoms with Crippen LogP contribution in [-0.4, -0.2) is 64.0 Å². The molecular weight excluding hydrogens is 707 g/mol. The summed E-state index contributed by atoms with van der Waals surface area (Å²) in [6, 6.07) is 2.70. The van der Waals surface area contributed by atoms with E-state index in [1.165, 1.54) is 0 Å². The number of hydrogen-bond donors (Lipinski definition) is 1. The Hall–Kier alpha value is -2.12. The molecule has 0 bridgehead atoms. The third-order valence-corrected chi connectivity index (χ3v) is 6.43. The first-order valence-corrected chi connectivity index (χ1v) is 16.9. The lowest BCUT2D eigenvalue weighted by molar-refractivity contribution is -0.156. The largest absolute Gasteiger partial charge is 0.446 e. The van der Waals surface area contributed by atoms with E-state index in [4.69, 9.17) is 55.9 Å². The normalized spacial score (nSPS) is 11.2. The van der Waals surface area contributed by atoms with Crippen LogP contribution in [0.1, 0.15) is 0 Å². The summed E-state index contributed by atoms with van der Waals surface area (Å²) in [5, 5.41) is -0.0935. The highest BCUT2D eigenvalue weighted by molar-refractivity contribution is 6.76. The molecule has 0 saturated carbocycles. The summed E-state index contributed by atoms with van der Waals surface area (Å²) in [5.74, 6) is 0. The topological polar surface area (TPSA) is 125 Å². The van der Waals surface area contributed by atoms with Crippen LogP contribution in [0, 0.1) is 0 Å². The molecule has 22 heteroatoms. The molecular formula is C21H27Cl4F7N4O6Si.